The van der Waals surface area contributed by atoms with Crippen LogP contribution in [0.3, 0.4) is 0 Å². The summed E-state index contributed by atoms with van der Waals surface area (Å²) >= 11 is 0.438. The van der Waals surface area contributed by atoms with Crippen molar-refractivity contribution in [2.24, 2.45) is 0 Å². The first-order chi connectivity index (χ1) is 9.49. The van der Waals surface area contributed by atoms with Crippen molar-refractivity contribution in [3.8, 4) is 0 Å². The van der Waals surface area contributed by atoms with Crippen molar-refractivity contribution in [3.05, 3.63) is 10.7 Å². The zero-order chi connectivity index (χ0) is 16.1. The first kappa shape index (κ1) is 16.6. The molecule has 0 saturated carbocycles. The van der Waals surface area contributed by atoms with E-state index in [1.807, 2.05) is 0 Å². The Morgan fingerprint density at radius 2 is 2.10 bits per heavy atom. The fourth-order valence-corrected chi connectivity index (χ4v) is 5.18. The average molecular weight is 346 g/mol. The lowest BCUT2D eigenvalue weighted by molar-refractivity contribution is -0.143. The summed E-state index contributed by atoms with van der Waals surface area (Å²) < 4.78 is 63.1. The Morgan fingerprint density at radius 3 is 2.57 bits per heavy atom. The Morgan fingerprint density at radius 1 is 1.48 bits per heavy atom. The van der Waals surface area contributed by atoms with E-state index in [4.69, 9.17) is 5.11 Å². The van der Waals surface area contributed by atoms with Gasteiger partial charge >= 0.3 is 6.18 Å². The van der Waals surface area contributed by atoms with E-state index in [0.29, 0.717) is 11.3 Å². The molecule has 0 bridgehead atoms. The minimum Gasteiger partial charge on any atom is -0.393 e. The Hall–Kier alpha value is -0.750. The van der Waals surface area contributed by atoms with Crippen molar-refractivity contribution in [1.29, 1.82) is 0 Å². The molecule has 6 nitrogen and oxygen atoms in total. The van der Waals surface area contributed by atoms with Crippen LogP contribution in [0.1, 0.15) is 17.1 Å². The van der Waals surface area contributed by atoms with Crippen LogP contribution in [0, 0.1) is 6.92 Å². The van der Waals surface area contributed by atoms with Crippen molar-refractivity contribution in [3.63, 3.8) is 0 Å². The number of halogens is 3. The summed E-state index contributed by atoms with van der Waals surface area (Å²) in [7, 11) is -4.41. The minimum absolute atomic E-state index is 0.0162. The van der Waals surface area contributed by atoms with E-state index in [1.54, 1.807) is 0 Å². The van der Waals surface area contributed by atoms with Crippen LogP contribution in [0.4, 0.5) is 13.2 Å². The number of hydrogen-bond donors (Lipinski definition) is 2. The molecule has 0 radical (unpaired) electrons. The lowest BCUT2D eigenvalue weighted by Gasteiger charge is -2.20. The van der Waals surface area contributed by atoms with Crippen molar-refractivity contribution in [2.75, 3.05) is 19.7 Å². The number of aliphatic hydroxyl groups excluding tert-OH is 1. The van der Waals surface area contributed by atoms with E-state index < -0.39 is 44.9 Å². The standard InChI is InChI=1S/C10H13F3N2O4S2/c1-6-14-7(10(11,12)13)8(20-6)21(18,19)15-3-2-9(17,4-15)5-16/h16-17H,2-5H2,1H3/t9-/m1/s1. The highest BCUT2D eigenvalue weighted by molar-refractivity contribution is 7.91. The Kier molecular flexibility index (Phi) is 4.08. The van der Waals surface area contributed by atoms with Crippen LogP contribution in [0.2, 0.25) is 0 Å². The van der Waals surface area contributed by atoms with Gasteiger partial charge in [-0.05, 0) is 13.3 Å². The van der Waals surface area contributed by atoms with Gasteiger partial charge in [0.15, 0.2) is 9.90 Å². The van der Waals surface area contributed by atoms with Crippen molar-refractivity contribution in [2.45, 2.75) is 29.3 Å². The number of aromatic nitrogens is 1. The number of β-amino-alcohol motifs (C(OH)–C–C–N with tert-alkyl or cyclic N) is 1. The molecule has 0 aliphatic carbocycles. The molecule has 1 aromatic heterocycles. The molecule has 1 atom stereocenters. The predicted octanol–water partition coefficient (Wildman–Crippen LogP) is 0.588. The molecule has 1 saturated heterocycles. The zero-order valence-corrected chi connectivity index (χ0v) is 12.5. The molecular formula is C10H13F3N2O4S2. The Bertz CT molecular complexity index is 643. The predicted molar refractivity (Wildman–Crippen MR) is 67.3 cm³/mol. The number of aliphatic hydroxyl groups is 2. The van der Waals surface area contributed by atoms with Gasteiger partial charge in [-0.25, -0.2) is 13.4 Å². The molecule has 2 heterocycles. The molecule has 0 aromatic carbocycles. The number of hydrogen-bond acceptors (Lipinski definition) is 6. The second-order valence-electron chi connectivity index (χ2n) is 4.84. The molecule has 11 heteroatoms. The smallest absolute Gasteiger partial charge is 0.393 e. The number of thiazole rings is 1. The molecule has 2 rings (SSSR count). The summed E-state index contributed by atoms with van der Waals surface area (Å²) in [4.78, 5) is 3.25. The summed E-state index contributed by atoms with van der Waals surface area (Å²) in [5.74, 6) is 0. The molecule has 1 aromatic rings. The van der Waals surface area contributed by atoms with Gasteiger partial charge in [0.2, 0.25) is 0 Å². The number of rotatable bonds is 3. The van der Waals surface area contributed by atoms with E-state index in [2.05, 4.69) is 4.98 Å². The van der Waals surface area contributed by atoms with Crippen LogP contribution in [0.25, 0.3) is 0 Å². The van der Waals surface area contributed by atoms with Gasteiger partial charge in [0.25, 0.3) is 10.0 Å². The largest absolute Gasteiger partial charge is 0.435 e. The first-order valence-corrected chi connectivity index (χ1v) is 8.13. The highest BCUT2D eigenvalue weighted by Crippen LogP contribution is 2.39. The number of nitrogens with zero attached hydrogens (tertiary/aromatic N) is 2. The van der Waals surface area contributed by atoms with E-state index in [9.17, 15) is 26.7 Å². The van der Waals surface area contributed by atoms with Crippen LogP contribution < -0.4 is 0 Å². The minimum atomic E-state index is -4.87. The summed E-state index contributed by atoms with van der Waals surface area (Å²) in [5.41, 5.74) is -3.06. The Labute approximate surface area is 122 Å². The third kappa shape index (κ3) is 3.06. The summed E-state index contributed by atoms with van der Waals surface area (Å²) in [6, 6.07) is 0. The van der Waals surface area contributed by atoms with Crippen LogP contribution >= 0.6 is 11.3 Å². The highest BCUT2D eigenvalue weighted by Gasteiger charge is 2.47. The monoisotopic (exact) mass is 346 g/mol. The second-order valence-corrected chi connectivity index (χ2v) is 8.17. The van der Waals surface area contributed by atoms with Crippen LogP contribution in [-0.4, -0.2) is 53.2 Å². The number of aryl methyl sites for hydroxylation is 1. The van der Waals surface area contributed by atoms with Gasteiger partial charge in [-0.15, -0.1) is 11.3 Å². The van der Waals surface area contributed by atoms with Gasteiger partial charge in [0.05, 0.1) is 11.6 Å². The summed E-state index contributed by atoms with van der Waals surface area (Å²) in [5, 5.41) is 18.8. The molecule has 21 heavy (non-hydrogen) atoms. The molecule has 1 aliphatic heterocycles. The highest BCUT2D eigenvalue weighted by atomic mass is 32.2. The van der Waals surface area contributed by atoms with Gasteiger partial charge in [-0.3, -0.25) is 0 Å². The van der Waals surface area contributed by atoms with E-state index in [0.717, 1.165) is 4.31 Å². The van der Waals surface area contributed by atoms with Crippen molar-refractivity contribution < 1.29 is 31.8 Å². The molecular weight excluding hydrogens is 333 g/mol. The van der Waals surface area contributed by atoms with E-state index in [1.165, 1.54) is 6.92 Å². The molecule has 120 valence electrons. The first-order valence-electron chi connectivity index (χ1n) is 5.88. The maximum Gasteiger partial charge on any atom is 0.435 e. The molecule has 1 aliphatic rings. The topological polar surface area (TPSA) is 90.7 Å². The summed E-state index contributed by atoms with van der Waals surface area (Å²) in [6.07, 6.45) is -4.91. The zero-order valence-electron chi connectivity index (χ0n) is 10.9. The van der Waals surface area contributed by atoms with Crippen LogP contribution in [-0.2, 0) is 16.2 Å². The maximum absolute atomic E-state index is 12.9. The number of alkyl halides is 3. The van der Waals surface area contributed by atoms with Gasteiger partial charge in [0, 0.05) is 13.1 Å². The van der Waals surface area contributed by atoms with Crippen LogP contribution in [0.15, 0.2) is 4.21 Å². The molecule has 1 fully saturated rings. The maximum atomic E-state index is 12.9. The Balaban J connectivity index is 2.43. The second kappa shape index (κ2) is 5.16. The quantitative estimate of drug-likeness (QED) is 0.836. The average Bonchev–Trinajstić information content (AvgIpc) is 2.94. The van der Waals surface area contributed by atoms with Gasteiger partial charge in [0.1, 0.15) is 5.60 Å². The third-order valence-electron chi connectivity index (χ3n) is 3.14. The number of sulfonamides is 1. The fourth-order valence-electron chi connectivity index (χ4n) is 2.03. The molecule has 2 N–H and O–H groups in total. The van der Waals surface area contributed by atoms with Crippen molar-refractivity contribution in [1.82, 2.24) is 9.29 Å². The lowest BCUT2D eigenvalue weighted by atomic mass is 10.1. The van der Waals surface area contributed by atoms with Crippen LogP contribution in [0.5, 0.6) is 0 Å². The van der Waals surface area contributed by atoms with E-state index >= 15 is 0 Å². The van der Waals surface area contributed by atoms with Gasteiger partial charge in [-0.2, -0.15) is 17.5 Å². The summed E-state index contributed by atoms with van der Waals surface area (Å²) in [6.45, 7) is 0.0214. The lowest BCUT2D eigenvalue weighted by Crippen LogP contribution is -2.39. The van der Waals surface area contributed by atoms with Gasteiger partial charge < -0.3 is 10.2 Å². The molecule has 0 amide bonds. The molecule has 0 spiro atoms. The normalized spacial score (nSPS) is 24.7. The van der Waals surface area contributed by atoms with Gasteiger partial charge in [-0.1, -0.05) is 0 Å². The third-order valence-corrected chi connectivity index (χ3v) is 6.44. The molecule has 0 unspecified atom stereocenters. The van der Waals surface area contributed by atoms with Crippen molar-refractivity contribution >= 4 is 21.4 Å². The fraction of sp³-hybridized carbons (Fsp3) is 0.700. The SMILES string of the molecule is Cc1nc(C(F)(F)F)c(S(=O)(=O)N2CC[C@](O)(CO)C2)s1. The van der Waals surface area contributed by atoms with E-state index in [-0.39, 0.29) is 18.0 Å².